The van der Waals surface area contributed by atoms with Crippen LogP contribution in [0.15, 0.2) is 35.2 Å². The molecule has 7 heteroatoms. The Bertz CT molecular complexity index is 655. The van der Waals surface area contributed by atoms with Gasteiger partial charge in [0.15, 0.2) is 0 Å². The van der Waals surface area contributed by atoms with Gasteiger partial charge in [-0.3, -0.25) is 4.79 Å². The number of aromatic nitrogens is 2. The number of imidazole rings is 1. The van der Waals surface area contributed by atoms with Crippen molar-refractivity contribution < 1.29 is 14.7 Å². The zero-order chi connectivity index (χ0) is 15.4. The molecule has 1 aromatic heterocycles. The predicted molar refractivity (Wildman–Crippen MR) is 80.1 cm³/mol. The van der Waals surface area contributed by atoms with E-state index in [9.17, 15) is 14.7 Å². The zero-order valence-corrected chi connectivity index (χ0v) is 12.8. The zero-order valence-electron chi connectivity index (χ0n) is 11.3. The number of benzene rings is 1. The number of aliphatic carboxylic acids is 1. The predicted octanol–water partition coefficient (Wildman–Crippen LogP) is 1.91. The third-order valence-electron chi connectivity index (χ3n) is 3.02. The van der Waals surface area contributed by atoms with Crippen LogP contribution in [-0.4, -0.2) is 33.0 Å². The third kappa shape index (κ3) is 3.91. The number of hydrogen-bond donors (Lipinski definition) is 3. The summed E-state index contributed by atoms with van der Waals surface area (Å²) >= 11 is 3.35. The second-order valence-corrected chi connectivity index (χ2v) is 5.46. The van der Waals surface area contributed by atoms with Gasteiger partial charge in [0.25, 0.3) is 5.91 Å². The lowest BCUT2D eigenvalue weighted by Gasteiger charge is -2.14. The van der Waals surface area contributed by atoms with Gasteiger partial charge >= 0.3 is 5.97 Å². The van der Waals surface area contributed by atoms with Gasteiger partial charge in [-0.25, -0.2) is 9.78 Å². The van der Waals surface area contributed by atoms with Gasteiger partial charge in [-0.1, -0.05) is 22.0 Å². The van der Waals surface area contributed by atoms with Crippen LogP contribution in [0.2, 0.25) is 0 Å². The number of H-pyrrole nitrogens is 1. The largest absolute Gasteiger partial charge is 0.480 e. The SMILES string of the molecule is Cc1ccc(C(=O)N[C@@H](Cc2cnc[nH]2)C(=O)O)cc1Br. The summed E-state index contributed by atoms with van der Waals surface area (Å²) in [5, 5.41) is 11.7. The first-order valence-electron chi connectivity index (χ1n) is 6.24. The average Bonchev–Trinajstić information content (AvgIpc) is 2.93. The molecule has 0 aliphatic carbocycles. The summed E-state index contributed by atoms with van der Waals surface area (Å²) in [5.41, 5.74) is 2.05. The summed E-state index contributed by atoms with van der Waals surface area (Å²) in [5.74, 6) is -1.52. The number of aromatic amines is 1. The van der Waals surface area contributed by atoms with E-state index < -0.39 is 17.9 Å². The second kappa shape index (κ2) is 6.53. The number of carboxylic acids is 1. The van der Waals surface area contributed by atoms with Gasteiger partial charge in [-0.15, -0.1) is 0 Å². The smallest absolute Gasteiger partial charge is 0.326 e. The highest BCUT2D eigenvalue weighted by Gasteiger charge is 2.21. The number of amides is 1. The number of nitrogens with one attached hydrogen (secondary N) is 2. The van der Waals surface area contributed by atoms with Gasteiger partial charge in [-0.2, -0.15) is 0 Å². The van der Waals surface area contributed by atoms with Crippen molar-refractivity contribution in [3.8, 4) is 0 Å². The normalized spacial score (nSPS) is 11.9. The van der Waals surface area contributed by atoms with Gasteiger partial charge in [0.2, 0.25) is 0 Å². The molecule has 0 bridgehead atoms. The molecule has 0 fully saturated rings. The Balaban J connectivity index is 2.10. The molecule has 1 heterocycles. The number of nitrogens with zero attached hydrogens (tertiary/aromatic N) is 1. The van der Waals surface area contributed by atoms with Crippen molar-refractivity contribution in [1.82, 2.24) is 15.3 Å². The van der Waals surface area contributed by atoms with Crippen LogP contribution in [0.1, 0.15) is 21.6 Å². The summed E-state index contributed by atoms with van der Waals surface area (Å²) in [6.07, 6.45) is 3.14. The Hall–Kier alpha value is -2.15. The second-order valence-electron chi connectivity index (χ2n) is 4.61. The van der Waals surface area contributed by atoms with E-state index in [1.54, 1.807) is 18.2 Å². The molecule has 2 rings (SSSR count). The highest BCUT2D eigenvalue weighted by molar-refractivity contribution is 9.10. The number of rotatable bonds is 5. The molecule has 3 N–H and O–H groups in total. The molecule has 2 aromatic rings. The first-order valence-corrected chi connectivity index (χ1v) is 7.03. The monoisotopic (exact) mass is 351 g/mol. The highest BCUT2D eigenvalue weighted by Crippen LogP contribution is 2.17. The molecule has 0 spiro atoms. The van der Waals surface area contributed by atoms with E-state index in [0.29, 0.717) is 11.3 Å². The standard InChI is InChI=1S/C14H14BrN3O3/c1-8-2-3-9(4-11(8)15)13(19)18-12(14(20)21)5-10-6-16-7-17-10/h2-4,6-7,12H,5H2,1H3,(H,16,17)(H,18,19)(H,20,21)/t12-/m0/s1. The molecule has 0 saturated heterocycles. The van der Waals surface area contributed by atoms with Gasteiger partial charge < -0.3 is 15.4 Å². The van der Waals surface area contributed by atoms with Gasteiger partial charge in [0, 0.05) is 28.3 Å². The molecule has 1 aromatic carbocycles. The molecule has 110 valence electrons. The van der Waals surface area contributed by atoms with E-state index in [0.717, 1.165) is 10.0 Å². The van der Waals surface area contributed by atoms with Gasteiger partial charge in [0.05, 0.1) is 6.33 Å². The third-order valence-corrected chi connectivity index (χ3v) is 3.87. The van der Waals surface area contributed by atoms with E-state index in [1.807, 2.05) is 6.92 Å². The lowest BCUT2D eigenvalue weighted by Crippen LogP contribution is -2.42. The van der Waals surface area contributed by atoms with Crippen LogP contribution >= 0.6 is 15.9 Å². The van der Waals surface area contributed by atoms with Crippen LogP contribution in [-0.2, 0) is 11.2 Å². The minimum atomic E-state index is -1.09. The lowest BCUT2D eigenvalue weighted by molar-refractivity contribution is -0.139. The molecular weight excluding hydrogens is 338 g/mol. The molecule has 0 aliphatic heterocycles. The summed E-state index contributed by atoms with van der Waals surface area (Å²) in [7, 11) is 0. The molecule has 21 heavy (non-hydrogen) atoms. The average molecular weight is 352 g/mol. The van der Waals surface area contributed by atoms with Crippen LogP contribution < -0.4 is 5.32 Å². The van der Waals surface area contributed by atoms with E-state index in [2.05, 4.69) is 31.2 Å². The molecule has 0 radical (unpaired) electrons. The van der Waals surface area contributed by atoms with Crippen LogP contribution in [0.5, 0.6) is 0 Å². The minimum Gasteiger partial charge on any atom is -0.480 e. The Labute approximate surface area is 129 Å². The van der Waals surface area contributed by atoms with Crippen molar-refractivity contribution in [2.75, 3.05) is 0 Å². The maximum atomic E-state index is 12.1. The minimum absolute atomic E-state index is 0.147. The fourth-order valence-corrected chi connectivity index (χ4v) is 2.17. The molecule has 0 unspecified atom stereocenters. The van der Waals surface area contributed by atoms with Crippen molar-refractivity contribution in [1.29, 1.82) is 0 Å². The summed E-state index contributed by atoms with van der Waals surface area (Å²) in [4.78, 5) is 30.0. The lowest BCUT2D eigenvalue weighted by atomic mass is 10.1. The number of hydrogen-bond acceptors (Lipinski definition) is 3. The quantitative estimate of drug-likeness (QED) is 0.766. The van der Waals surface area contributed by atoms with Gasteiger partial charge in [0.1, 0.15) is 6.04 Å². The maximum absolute atomic E-state index is 12.1. The highest BCUT2D eigenvalue weighted by atomic mass is 79.9. The first-order chi connectivity index (χ1) is 9.97. The number of aryl methyl sites for hydroxylation is 1. The van der Waals surface area contributed by atoms with Crippen LogP contribution in [0.3, 0.4) is 0 Å². The summed E-state index contributed by atoms with van der Waals surface area (Å²) in [6, 6.07) is 4.10. The molecule has 0 saturated carbocycles. The van der Waals surface area contributed by atoms with E-state index >= 15 is 0 Å². The van der Waals surface area contributed by atoms with Crippen molar-refractivity contribution in [3.05, 3.63) is 52.0 Å². The van der Waals surface area contributed by atoms with Crippen LogP contribution in [0.25, 0.3) is 0 Å². The Morgan fingerprint density at radius 3 is 2.81 bits per heavy atom. The van der Waals surface area contributed by atoms with E-state index in [1.165, 1.54) is 12.5 Å². The molecular formula is C14H14BrN3O3. The fourth-order valence-electron chi connectivity index (χ4n) is 1.79. The molecule has 0 aliphatic rings. The summed E-state index contributed by atoms with van der Waals surface area (Å²) < 4.78 is 0.801. The maximum Gasteiger partial charge on any atom is 0.326 e. The fraction of sp³-hybridized carbons (Fsp3) is 0.214. The van der Waals surface area contributed by atoms with Crippen molar-refractivity contribution in [3.63, 3.8) is 0 Å². The van der Waals surface area contributed by atoms with Gasteiger partial charge in [-0.05, 0) is 24.6 Å². The van der Waals surface area contributed by atoms with Crippen LogP contribution in [0.4, 0.5) is 0 Å². The number of carbonyl (C=O) groups excluding carboxylic acids is 1. The number of carbonyl (C=O) groups is 2. The van der Waals surface area contributed by atoms with Crippen molar-refractivity contribution in [2.45, 2.75) is 19.4 Å². The first kappa shape index (κ1) is 15.2. The molecule has 1 amide bonds. The van der Waals surface area contributed by atoms with Crippen molar-refractivity contribution in [2.24, 2.45) is 0 Å². The Morgan fingerprint density at radius 2 is 2.24 bits per heavy atom. The van der Waals surface area contributed by atoms with Crippen molar-refractivity contribution >= 4 is 27.8 Å². The van der Waals surface area contributed by atoms with Crippen LogP contribution in [0, 0.1) is 6.92 Å². The topological polar surface area (TPSA) is 95.1 Å². The molecule has 1 atom stereocenters. The number of carboxylic acid groups (broad SMARTS) is 1. The summed E-state index contributed by atoms with van der Waals surface area (Å²) in [6.45, 7) is 1.91. The molecule has 6 nitrogen and oxygen atoms in total. The van der Waals surface area contributed by atoms with E-state index in [-0.39, 0.29) is 6.42 Å². The number of halogens is 1. The van der Waals surface area contributed by atoms with E-state index in [4.69, 9.17) is 0 Å². The Morgan fingerprint density at radius 1 is 1.48 bits per heavy atom. The Kier molecular flexibility index (Phi) is 4.74.